The Labute approximate surface area is 204 Å². The van der Waals surface area contributed by atoms with Crippen LogP contribution in [-0.4, -0.2) is 40.3 Å². The maximum Gasteiger partial charge on any atom is 0.469 e. The second-order valence-electron chi connectivity index (χ2n) is 7.81. The molecule has 0 heterocycles. The van der Waals surface area contributed by atoms with E-state index in [0.717, 1.165) is 11.6 Å². The minimum absolute atomic E-state index is 0.00225. The lowest BCUT2D eigenvalue weighted by atomic mass is 9.93. The summed E-state index contributed by atoms with van der Waals surface area (Å²) < 4.78 is 61.4. The van der Waals surface area contributed by atoms with Gasteiger partial charge in [-0.05, 0) is 61.1 Å². The van der Waals surface area contributed by atoms with Gasteiger partial charge in [-0.3, -0.25) is 4.52 Å². The Morgan fingerprint density at radius 2 is 1.65 bits per heavy atom. The van der Waals surface area contributed by atoms with Crippen molar-refractivity contribution in [3.8, 4) is 5.75 Å². The van der Waals surface area contributed by atoms with Crippen LogP contribution in [0.4, 0.5) is 13.2 Å². The number of benzene rings is 2. The lowest BCUT2D eigenvalue weighted by Gasteiger charge is -2.27. The lowest BCUT2D eigenvalue weighted by Crippen LogP contribution is -2.48. The summed E-state index contributed by atoms with van der Waals surface area (Å²) in [5.74, 6) is -0.323. The summed E-state index contributed by atoms with van der Waals surface area (Å²) >= 11 is 11.8. The predicted molar refractivity (Wildman–Crippen MR) is 122 cm³/mol. The fourth-order valence-corrected chi connectivity index (χ4v) is 3.78. The van der Waals surface area contributed by atoms with Crippen LogP contribution in [0.3, 0.4) is 0 Å². The van der Waals surface area contributed by atoms with Gasteiger partial charge in [0.15, 0.2) is 0 Å². The first-order valence-corrected chi connectivity index (χ1v) is 12.4. The molecule has 13 heteroatoms. The van der Waals surface area contributed by atoms with Crippen LogP contribution in [0.2, 0.25) is 10.0 Å². The van der Waals surface area contributed by atoms with E-state index in [2.05, 4.69) is 4.52 Å². The van der Waals surface area contributed by atoms with E-state index in [9.17, 15) is 22.8 Å². The Bertz CT molecular complexity index is 1020. The van der Waals surface area contributed by atoms with Gasteiger partial charge >= 0.3 is 14.0 Å². The number of phosphoric acid groups is 1. The van der Waals surface area contributed by atoms with Crippen molar-refractivity contribution in [2.24, 2.45) is 5.73 Å². The second kappa shape index (κ2) is 12.1. The van der Waals surface area contributed by atoms with Crippen LogP contribution in [0.5, 0.6) is 5.75 Å². The van der Waals surface area contributed by atoms with Gasteiger partial charge in [-0.1, -0.05) is 35.3 Å². The number of hydrogen-bond acceptors (Lipinski definition) is 5. The van der Waals surface area contributed by atoms with Crippen LogP contribution in [0, 0.1) is 0 Å². The van der Waals surface area contributed by atoms with Gasteiger partial charge in [0, 0.05) is 0 Å². The molecule has 0 saturated heterocycles. The van der Waals surface area contributed by atoms with Crippen molar-refractivity contribution in [2.75, 3.05) is 19.8 Å². The summed E-state index contributed by atoms with van der Waals surface area (Å²) in [5, 5.41) is 10.3. The van der Waals surface area contributed by atoms with Crippen LogP contribution >= 0.6 is 31.0 Å². The highest BCUT2D eigenvalue weighted by Crippen LogP contribution is 2.38. The molecule has 34 heavy (non-hydrogen) atoms. The molecule has 2 rings (SSSR count). The molecule has 0 amide bonds. The lowest BCUT2D eigenvalue weighted by molar-refractivity contribution is -0.139. The zero-order valence-corrected chi connectivity index (χ0v) is 20.3. The Hall–Kier alpha value is -1.36. The molecular formula is C21H25Cl2F3NO6P. The molecule has 0 aromatic heterocycles. The van der Waals surface area contributed by atoms with E-state index in [4.69, 9.17) is 43.5 Å². The van der Waals surface area contributed by atoms with E-state index >= 15 is 0 Å². The number of hydrogen-bond donors (Lipinski definition) is 4. The molecule has 0 saturated carbocycles. The van der Waals surface area contributed by atoms with Crippen molar-refractivity contribution in [2.45, 2.75) is 37.4 Å². The normalized spacial score (nSPS) is 14.1. The van der Waals surface area contributed by atoms with Gasteiger partial charge < -0.3 is 25.4 Å². The Morgan fingerprint density at radius 1 is 1.00 bits per heavy atom. The van der Waals surface area contributed by atoms with Gasteiger partial charge in [-0.25, -0.2) is 4.57 Å². The minimum Gasteiger partial charge on any atom is -0.493 e. The third kappa shape index (κ3) is 9.36. The number of aryl methyl sites for hydroxylation is 2. The molecule has 0 fully saturated rings. The predicted octanol–water partition coefficient (Wildman–Crippen LogP) is 4.76. The zero-order chi connectivity index (χ0) is 25.6. The molecule has 0 aliphatic rings. The molecule has 0 radical (unpaired) electrons. The second-order valence-corrected chi connectivity index (χ2v) is 9.87. The summed E-state index contributed by atoms with van der Waals surface area (Å²) in [6.07, 6.45) is -3.77. The Morgan fingerprint density at radius 3 is 2.24 bits per heavy atom. The van der Waals surface area contributed by atoms with Crippen LogP contribution in [-0.2, 0) is 28.1 Å². The third-order valence-corrected chi connectivity index (χ3v) is 6.15. The van der Waals surface area contributed by atoms with Crippen molar-refractivity contribution in [3.05, 3.63) is 63.1 Å². The topological polar surface area (TPSA) is 122 Å². The maximum atomic E-state index is 13.6. The van der Waals surface area contributed by atoms with Crippen molar-refractivity contribution >= 4 is 31.0 Å². The fraction of sp³-hybridized carbons (Fsp3) is 0.429. The van der Waals surface area contributed by atoms with Crippen molar-refractivity contribution in [1.82, 2.24) is 0 Å². The van der Waals surface area contributed by atoms with Gasteiger partial charge in [-0.15, -0.1) is 0 Å². The number of aliphatic hydroxyl groups excluding tert-OH is 1. The molecule has 2 aromatic rings. The van der Waals surface area contributed by atoms with E-state index in [0.29, 0.717) is 22.9 Å². The molecule has 5 N–H and O–H groups in total. The molecule has 1 unspecified atom stereocenters. The smallest absolute Gasteiger partial charge is 0.469 e. The molecule has 1 atom stereocenters. The first kappa shape index (κ1) is 28.9. The van der Waals surface area contributed by atoms with E-state index in [1.807, 2.05) is 0 Å². The first-order valence-electron chi connectivity index (χ1n) is 10.1. The highest BCUT2D eigenvalue weighted by atomic mass is 35.5. The van der Waals surface area contributed by atoms with E-state index in [-0.39, 0.29) is 30.8 Å². The number of halogens is 5. The minimum atomic E-state index is -4.81. The SMILES string of the molecule is NC(CO)(CCc1ccc(OCCCc2ccc(Cl)c(Cl)c2)c(C(F)(F)F)c1)COP(=O)(O)O. The Balaban J connectivity index is 2.02. The van der Waals surface area contributed by atoms with Gasteiger partial charge in [0.25, 0.3) is 0 Å². The average Bonchev–Trinajstić information content (AvgIpc) is 2.75. The maximum absolute atomic E-state index is 13.6. The Kier molecular flexibility index (Phi) is 10.2. The number of nitrogens with two attached hydrogens (primary N) is 1. The molecule has 7 nitrogen and oxygen atoms in total. The number of phosphoric ester groups is 1. The molecule has 0 spiro atoms. The quantitative estimate of drug-likeness (QED) is 0.224. The molecular weight excluding hydrogens is 521 g/mol. The summed E-state index contributed by atoms with van der Waals surface area (Å²) in [6.45, 7) is -1.31. The number of rotatable bonds is 12. The van der Waals surface area contributed by atoms with Crippen LogP contribution in [0.1, 0.15) is 29.5 Å². The largest absolute Gasteiger partial charge is 0.493 e. The monoisotopic (exact) mass is 545 g/mol. The van der Waals surface area contributed by atoms with Crippen LogP contribution in [0.25, 0.3) is 0 Å². The van der Waals surface area contributed by atoms with Crippen LogP contribution < -0.4 is 10.5 Å². The molecule has 2 aromatic carbocycles. The van der Waals surface area contributed by atoms with E-state index in [1.165, 1.54) is 12.1 Å². The van der Waals surface area contributed by atoms with Crippen molar-refractivity contribution < 1.29 is 41.9 Å². The third-order valence-electron chi connectivity index (χ3n) is 4.95. The first-order chi connectivity index (χ1) is 15.7. The fourth-order valence-electron chi connectivity index (χ4n) is 3.04. The molecule has 0 aliphatic carbocycles. The molecule has 190 valence electrons. The van der Waals surface area contributed by atoms with Crippen molar-refractivity contribution in [3.63, 3.8) is 0 Å². The summed E-state index contributed by atoms with van der Waals surface area (Å²) in [5.41, 5.74) is 4.50. The highest BCUT2D eigenvalue weighted by molar-refractivity contribution is 7.46. The zero-order valence-electron chi connectivity index (χ0n) is 17.9. The average molecular weight is 546 g/mol. The van der Waals surface area contributed by atoms with E-state index < -0.39 is 38.3 Å². The van der Waals surface area contributed by atoms with Gasteiger partial charge in [0.05, 0.1) is 41.0 Å². The highest BCUT2D eigenvalue weighted by Gasteiger charge is 2.35. The van der Waals surface area contributed by atoms with Gasteiger partial charge in [-0.2, -0.15) is 13.2 Å². The summed E-state index contributed by atoms with van der Waals surface area (Å²) in [7, 11) is -4.81. The summed E-state index contributed by atoms with van der Waals surface area (Å²) in [4.78, 5) is 17.6. The van der Waals surface area contributed by atoms with E-state index in [1.54, 1.807) is 18.2 Å². The van der Waals surface area contributed by atoms with Crippen LogP contribution in [0.15, 0.2) is 36.4 Å². The number of aliphatic hydroxyl groups is 1. The van der Waals surface area contributed by atoms with Gasteiger partial charge in [0.2, 0.25) is 0 Å². The standard InChI is InChI=1S/C21H25Cl2F3NO6P/c22-17-5-3-14(11-18(17)23)2-1-9-32-19-6-4-15(10-16(19)21(24,25)26)7-8-20(27,12-28)13-33-34(29,30)31/h3-6,10-11,28H,1-2,7-9,12-13,27H2,(H2,29,30,31). The molecule has 0 bridgehead atoms. The molecule has 0 aliphatic heterocycles. The summed E-state index contributed by atoms with van der Waals surface area (Å²) in [6, 6.07) is 8.68. The van der Waals surface area contributed by atoms with Gasteiger partial charge in [0.1, 0.15) is 5.75 Å². The number of alkyl halides is 3. The number of ether oxygens (including phenoxy) is 1. The van der Waals surface area contributed by atoms with Crippen molar-refractivity contribution in [1.29, 1.82) is 0 Å².